The van der Waals surface area contributed by atoms with Gasteiger partial charge in [0.15, 0.2) is 0 Å². The Morgan fingerprint density at radius 1 is 1.17 bits per heavy atom. The van der Waals surface area contributed by atoms with Crippen molar-refractivity contribution < 1.29 is 0 Å². The lowest BCUT2D eigenvalue weighted by Gasteiger charge is -2.21. The number of nitrogens with one attached hydrogen (secondary N) is 1. The van der Waals surface area contributed by atoms with Gasteiger partial charge in [-0.2, -0.15) is 0 Å². The number of rotatable bonds is 4. The molecule has 1 aliphatic heterocycles. The molecular formula is C17H22N6S. The molecule has 1 saturated heterocycles. The molecule has 6 nitrogen and oxygen atoms in total. The smallest absolute Gasteiger partial charge is 0.214 e. The van der Waals surface area contributed by atoms with E-state index in [4.69, 9.17) is 0 Å². The lowest BCUT2D eigenvalue weighted by atomic mass is 10.2. The van der Waals surface area contributed by atoms with Gasteiger partial charge in [0.25, 0.3) is 0 Å². The molecule has 0 unspecified atom stereocenters. The standard InChI is InChI=1S/C17H22N6S/c1-13-12-23-17(20-13)24-16(21-23)19-11-14-6-7-15(18-10-14)22-8-4-2-3-5-9-22/h6-7,10,12H,2-5,8-9,11H2,1H3,(H,19,21). The summed E-state index contributed by atoms with van der Waals surface area (Å²) in [6.07, 6.45) is 9.14. The van der Waals surface area contributed by atoms with Gasteiger partial charge in [-0.25, -0.2) is 14.5 Å². The molecule has 0 atom stereocenters. The molecule has 0 aromatic carbocycles. The van der Waals surface area contributed by atoms with Gasteiger partial charge in [-0.1, -0.05) is 30.2 Å². The second-order valence-corrected chi connectivity index (χ2v) is 7.25. The Balaban J connectivity index is 1.38. The molecule has 1 N–H and O–H groups in total. The van der Waals surface area contributed by atoms with E-state index in [0.29, 0.717) is 0 Å². The molecule has 1 fully saturated rings. The first-order valence-electron chi connectivity index (χ1n) is 8.54. The summed E-state index contributed by atoms with van der Waals surface area (Å²) in [6.45, 7) is 4.96. The average molecular weight is 342 g/mol. The Morgan fingerprint density at radius 3 is 2.71 bits per heavy atom. The zero-order chi connectivity index (χ0) is 16.4. The maximum absolute atomic E-state index is 4.65. The van der Waals surface area contributed by atoms with Crippen molar-refractivity contribution in [2.75, 3.05) is 23.3 Å². The van der Waals surface area contributed by atoms with E-state index in [1.165, 1.54) is 25.7 Å². The van der Waals surface area contributed by atoms with Crippen LogP contribution in [0.5, 0.6) is 0 Å². The number of anilines is 2. The predicted molar refractivity (Wildman–Crippen MR) is 97.8 cm³/mol. The number of hydrogen-bond donors (Lipinski definition) is 1. The fourth-order valence-corrected chi connectivity index (χ4v) is 3.89. The van der Waals surface area contributed by atoms with Crippen LogP contribution in [-0.2, 0) is 6.54 Å². The number of imidazole rings is 1. The second-order valence-electron chi connectivity index (χ2n) is 6.30. The maximum Gasteiger partial charge on any atom is 0.214 e. The van der Waals surface area contributed by atoms with Gasteiger partial charge in [0.2, 0.25) is 10.1 Å². The van der Waals surface area contributed by atoms with E-state index in [2.05, 4.69) is 37.4 Å². The van der Waals surface area contributed by atoms with Crippen LogP contribution in [0, 0.1) is 6.92 Å². The van der Waals surface area contributed by atoms with E-state index in [1.54, 1.807) is 11.3 Å². The van der Waals surface area contributed by atoms with Crippen molar-refractivity contribution >= 4 is 27.2 Å². The molecule has 0 bridgehead atoms. The van der Waals surface area contributed by atoms with Gasteiger partial charge in [0.05, 0.1) is 11.9 Å². The number of pyridine rings is 1. The molecular weight excluding hydrogens is 320 g/mol. The Bertz CT molecular complexity index is 767. The van der Waals surface area contributed by atoms with Crippen molar-refractivity contribution in [1.82, 2.24) is 19.6 Å². The molecule has 1 aliphatic rings. The minimum absolute atomic E-state index is 0.725. The van der Waals surface area contributed by atoms with Crippen molar-refractivity contribution in [3.8, 4) is 0 Å². The highest BCUT2D eigenvalue weighted by Gasteiger charge is 2.11. The SMILES string of the molecule is Cc1cn2nc(NCc3ccc(N4CCCCCC4)nc3)sc2n1. The van der Waals surface area contributed by atoms with Crippen LogP contribution in [-0.4, -0.2) is 32.7 Å². The van der Waals surface area contributed by atoms with Crippen LogP contribution >= 0.6 is 11.3 Å². The molecule has 0 spiro atoms. The van der Waals surface area contributed by atoms with Crippen LogP contribution in [0.3, 0.4) is 0 Å². The zero-order valence-corrected chi connectivity index (χ0v) is 14.7. The van der Waals surface area contributed by atoms with Crippen LogP contribution in [0.4, 0.5) is 10.9 Å². The van der Waals surface area contributed by atoms with Gasteiger partial charge in [0.1, 0.15) is 5.82 Å². The summed E-state index contributed by atoms with van der Waals surface area (Å²) in [5.41, 5.74) is 2.16. The third kappa shape index (κ3) is 3.36. The number of hydrogen-bond acceptors (Lipinski definition) is 6. The number of nitrogens with zero attached hydrogens (tertiary/aromatic N) is 5. The van der Waals surface area contributed by atoms with E-state index in [9.17, 15) is 0 Å². The summed E-state index contributed by atoms with van der Waals surface area (Å²) in [6, 6.07) is 4.30. The van der Waals surface area contributed by atoms with Crippen molar-refractivity contribution in [2.24, 2.45) is 0 Å². The van der Waals surface area contributed by atoms with E-state index in [1.807, 2.05) is 23.8 Å². The molecule has 126 valence electrons. The Labute approximate surface area is 145 Å². The highest BCUT2D eigenvalue weighted by atomic mass is 32.1. The van der Waals surface area contributed by atoms with Crippen LogP contribution in [0.1, 0.15) is 36.9 Å². The maximum atomic E-state index is 4.65. The van der Waals surface area contributed by atoms with Crippen LogP contribution < -0.4 is 10.2 Å². The highest BCUT2D eigenvalue weighted by Crippen LogP contribution is 2.21. The topological polar surface area (TPSA) is 58.4 Å². The first-order chi connectivity index (χ1) is 11.8. The first-order valence-corrected chi connectivity index (χ1v) is 9.36. The summed E-state index contributed by atoms with van der Waals surface area (Å²) in [7, 11) is 0. The number of aromatic nitrogens is 4. The summed E-state index contributed by atoms with van der Waals surface area (Å²) < 4.78 is 1.82. The van der Waals surface area contributed by atoms with E-state index in [0.717, 1.165) is 46.8 Å². The molecule has 0 saturated carbocycles. The molecule has 4 heterocycles. The summed E-state index contributed by atoms with van der Waals surface area (Å²) in [5, 5.41) is 8.72. The third-order valence-electron chi connectivity index (χ3n) is 4.35. The minimum Gasteiger partial charge on any atom is -0.357 e. The van der Waals surface area contributed by atoms with Gasteiger partial charge in [-0.05, 0) is 31.4 Å². The largest absolute Gasteiger partial charge is 0.357 e. The molecule has 3 aromatic rings. The van der Waals surface area contributed by atoms with Gasteiger partial charge in [0, 0.05) is 25.8 Å². The molecule has 7 heteroatoms. The van der Waals surface area contributed by atoms with Crippen LogP contribution in [0.15, 0.2) is 24.5 Å². The lowest BCUT2D eigenvalue weighted by molar-refractivity contribution is 0.726. The summed E-state index contributed by atoms with van der Waals surface area (Å²) in [5.74, 6) is 1.10. The average Bonchev–Trinajstić information content (AvgIpc) is 2.98. The van der Waals surface area contributed by atoms with E-state index >= 15 is 0 Å². The van der Waals surface area contributed by atoms with Crippen molar-refractivity contribution in [3.05, 3.63) is 35.8 Å². The molecule has 0 radical (unpaired) electrons. The van der Waals surface area contributed by atoms with Gasteiger partial charge >= 0.3 is 0 Å². The van der Waals surface area contributed by atoms with Crippen LogP contribution in [0.25, 0.3) is 4.96 Å². The van der Waals surface area contributed by atoms with E-state index in [-0.39, 0.29) is 0 Å². The summed E-state index contributed by atoms with van der Waals surface area (Å²) >= 11 is 1.57. The van der Waals surface area contributed by atoms with Gasteiger partial charge in [-0.15, -0.1) is 5.10 Å². The van der Waals surface area contributed by atoms with Crippen molar-refractivity contribution in [2.45, 2.75) is 39.2 Å². The van der Waals surface area contributed by atoms with Gasteiger partial charge in [-0.3, -0.25) is 0 Å². The molecule has 3 aromatic heterocycles. The fraction of sp³-hybridized carbons (Fsp3) is 0.471. The Kier molecular flexibility index (Phi) is 4.34. The number of fused-ring (bicyclic) bond motifs is 1. The second kappa shape index (κ2) is 6.76. The Hall–Kier alpha value is -2.15. The quantitative estimate of drug-likeness (QED) is 0.786. The van der Waals surface area contributed by atoms with Crippen molar-refractivity contribution in [3.63, 3.8) is 0 Å². The Morgan fingerprint density at radius 2 is 2.00 bits per heavy atom. The highest BCUT2D eigenvalue weighted by molar-refractivity contribution is 7.20. The minimum atomic E-state index is 0.725. The third-order valence-corrected chi connectivity index (χ3v) is 5.23. The molecule has 4 rings (SSSR count). The predicted octanol–water partition coefficient (Wildman–Crippen LogP) is 3.49. The fourth-order valence-electron chi connectivity index (χ4n) is 3.07. The van der Waals surface area contributed by atoms with Gasteiger partial charge < -0.3 is 10.2 Å². The normalized spacial score (nSPS) is 15.6. The summed E-state index contributed by atoms with van der Waals surface area (Å²) in [4.78, 5) is 12.4. The monoisotopic (exact) mass is 342 g/mol. The number of aryl methyl sites for hydroxylation is 1. The molecule has 0 amide bonds. The lowest BCUT2D eigenvalue weighted by Crippen LogP contribution is -2.24. The van der Waals surface area contributed by atoms with E-state index < -0.39 is 0 Å². The molecule has 24 heavy (non-hydrogen) atoms. The molecule has 0 aliphatic carbocycles. The first kappa shape index (κ1) is 15.4. The van der Waals surface area contributed by atoms with Crippen LogP contribution in [0.2, 0.25) is 0 Å². The zero-order valence-electron chi connectivity index (χ0n) is 13.9. The van der Waals surface area contributed by atoms with Crippen molar-refractivity contribution in [1.29, 1.82) is 0 Å².